The summed E-state index contributed by atoms with van der Waals surface area (Å²) in [7, 11) is 0. The van der Waals surface area contributed by atoms with Gasteiger partial charge in [-0.05, 0) is 45.4 Å². The zero-order valence-electron chi connectivity index (χ0n) is 12.6. The fourth-order valence-electron chi connectivity index (χ4n) is 4.32. The van der Waals surface area contributed by atoms with Crippen molar-refractivity contribution in [2.45, 2.75) is 76.0 Å². The maximum absolute atomic E-state index is 12.7. The van der Waals surface area contributed by atoms with Crippen LogP contribution >= 0.6 is 0 Å². The normalized spacial score (nSPS) is 42.1. The number of nitrogens with zero attached hydrogens (tertiary/aromatic N) is 1. The molecule has 2 heterocycles. The molecule has 1 aliphatic carbocycles. The van der Waals surface area contributed by atoms with Crippen molar-refractivity contribution in [2.24, 2.45) is 5.92 Å². The first-order valence-electron chi connectivity index (χ1n) is 8.36. The van der Waals surface area contributed by atoms with Gasteiger partial charge in [0, 0.05) is 25.0 Å². The maximum Gasteiger partial charge on any atom is 0.239 e. The molecule has 3 aliphatic rings. The Morgan fingerprint density at radius 2 is 2.05 bits per heavy atom. The van der Waals surface area contributed by atoms with E-state index < -0.39 is 5.60 Å². The van der Waals surface area contributed by atoms with Crippen molar-refractivity contribution in [1.82, 2.24) is 10.2 Å². The highest BCUT2D eigenvalue weighted by atomic mass is 16.3. The first-order valence-corrected chi connectivity index (χ1v) is 8.36. The number of carbonyl (C=O) groups excluding carboxylic acids is 1. The van der Waals surface area contributed by atoms with Gasteiger partial charge in [0.05, 0.1) is 11.6 Å². The van der Waals surface area contributed by atoms with Crippen LogP contribution in [0.2, 0.25) is 0 Å². The molecule has 114 valence electrons. The molecule has 2 saturated heterocycles. The van der Waals surface area contributed by atoms with E-state index in [1.807, 2.05) is 4.90 Å². The van der Waals surface area contributed by atoms with Crippen LogP contribution in [0.4, 0.5) is 0 Å². The van der Waals surface area contributed by atoms with Crippen LogP contribution in [0.15, 0.2) is 0 Å². The van der Waals surface area contributed by atoms with Crippen LogP contribution in [0, 0.1) is 5.92 Å². The minimum Gasteiger partial charge on any atom is -0.389 e. The van der Waals surface area contributed by atoms with Gasteiger partial charge < -0.3 is 15.3 Å². The number of rotatable bonds is 1. The predicted molar refractivity (Wildman–Crippen MR) is 78.3 cm³/mol. The third-order valence-corrected chi connectivity index (χ3v) is 5.65. The Morgan fingerprint density at radius 1 is 1.20 bits per heavy atom. The van der Waals surface area contributed by atoms with E-state index in [0.717, 1.165) is 51.6 Å². The molecule has 0 spiro atoms. The summed E-state index contributed by atoms with van der Waals surface area (Å²) in [5.74, 6) is 0.569. The van der Waals surface area contributed by atoms with Gasteiger partial charge in [0.25, 0.3) is 0 Å². The Kier molecular flexibility index (Phi) is 4.04. The fraction of sp³-hybridized carbons (Fsp3) is 0.938. The highest BCUT2D eigenvalue weighted by molar-refractivity contribution is 5.82. The SMILES string of the molecule is CC1CCCC(C(=O)N2CCC3(O)CCCCC3C2)N1. The molecule has 1 amide bonds. The van der Waals surface area contributed by atoms with E-state index in [0.29, 0.717) is 12.0 Å². The lowest BCUT2D eigenvalue weighted by atomic mass is 9.71. The number of amides is 1. The molecule has 0 radical (unpaired) electrons. The Balaban J connectivity index is 1.62. The Bertz CT molecular complexity index is 373. The lowest BCUT2D eigenvalue weighted by Crippen LogP contribution is -2.59. The molecule has 3 rings (SSSR count). The van der Waals surface area contributed by atoms with Crippen LogP contribution < -0.4 is 5.32 Å². The molecule has 0 bridgehead atoms. The van der Waals surface area contributed by atoms with Gasteiger partial charge in [0.15, 0.2) is 0 Å². The summed E-state index contributed by atoms with van der Waals surface area (Å²) in [6, 6.07) is 0.461. The zero-order valence-corrected chi connectivity index (χ0v) is 12.6. The smallest absolute Gasteiger partial charge is 0.239 e. The van der Waals surface area contributed by atoms with E-state index in [1.54, 1.807) is 0 Å². The van der Waals surface area contributed by atoms with Crippen LogP contribution in [-0.4, -0.2) is 46.7 Å². The van der Waals surface area contributed by atoms with Crippen molar-refractivity contribution in [3.63, 3.8) is 0 Å². The average Bonchev–Trinajstić information content (AvgIpc) is 2.45. The third kappa shape index (κ3) is 2.73. The van der Waals surface area contributed by atoms with E-state index >= 15 is 0 Å². The minimum absolute atomic E-state index is 0.00790. The van der Waals surface area contributed by atoms with Gasteiger partial charge in [-0.2, -0.15) is 0 Å². The number of nitrogens with one attached hydrogen (secondary N) is 1. The van der Waals surface area contributed by atoms with Gasteiger partial charge in [-0.25, -0.2) is 0 Å². The second kappa shape index (κ2) is 5.64. The van der Waals surface area contributed by atoms with Gasteiger partial charge in [0.1, 0.15) is 0 Å². The van der Waals surface area contributed by atoms with E-state index in [4.69, 9.17) is 0 Å². The molecule has 4 heteroatoms. The van der Waals surface area contributed by atoms with Crippen LogP contribution in [0.5, 0.6) is 0 Å². The summed E-state index contributed by atoms with van der Waals surface area (Å²) >= 11 is 0. The fourth-order valence-corrected chi connectivity index (χ4v) is 4.32. The molecule has 2 N–H and O–H groups in total. The standard InChI is InChI=1S/C16H28N2O2/c1-12-5-4-7-14(17-12)15(19)18-10-9-16(20)8-3-2-6-13(16)11-18/h12-14,17,20H,2-11H2,1H3. The van der Waals surface area contributed by atoms with E-state index in [1.165, 1.54) is 12.8 Å². The first-order chi connectivity index (χ1) is 9.58. The Labute approximate surface area is 121 Å². The molecule has 4 nitrogen and oxygen atoms in total. The average molecular weight is 280 g/mol. The lowest BCUT2D eigenvalue weighted by Gasteiger charge is -2.48. The molecule has 4 atom stereocenters. The number of piperidine rings is 2. The monoisotopic (exact) mass is 280 g/mol. The van der Waals surface area contributed by atoms with Crippen molar-refractivity contribution < 1.29 is 9.90 Å². The van der Waals surface area contributed by atoms with Crippen LogP contribution in [-0.2, 0) is 4.79 Å². The van der Waals surface area contributed by atoms with Crippen molar-refractivity contribution >= 4 is 5.91 Å². The number of carbonyl (C=O) groups is 1. The van der Waals surface area contributed by atoms with Gasteiger partial charge in [-0.1, -0.05) is 12.8 Å². The molecule has 4 unspecified atom stereocenters. The van der Waals surface area contributed by atoms with Crippen molar-refractivity contribution in [3.8, 4) is 0 Å². The first kappa shape index (κ1) is 14.3. The topological polar surface area (TPSA) is 52.6 Å². The molecule has 3 fully saturated rings. The minimum atomic E-state index is -0.484. The molecule has 2 aliphatic heterocycles. The van der Waals surface area contributed by atoms with Crippen LogP contribution in [0.25, 0.3) is 0 Å². The molecule has 20 heavy (non-hydrogen) atoms. The van der Waals surface area contributed by atoms with Gasteiger partial charge >= 0.3 is 0 Å². The van der Waals surface area contributed by atoms with Crippen LogP contribution in [0.1, 0.15) is 58.3 Å². The quantitative estimate of drug-likeness (QED) is 0.768. The van der Waals surface area contributed by atoms with Gasteiger partial charge in [0.2, 0.25) is 5.91 Å². The lowest BCUT2D eigenvalue weighted by molar-refractivity contribution is -0.146. The number of hydrogen-bond acceptors (Lipinski definition) is 3. The van der Waals surface area contributed by atoms with Gasteiger partial charge in [-0.3, -0.25) is 4.79 Å². The molecule has 0 aromatic heterocycles. The van der Waals surface area contributed by atoms with E-state index in [9.17, 15) is 9.90 Å². The summed E-state index contributed by atoms with van der Waals surface area (Å²) in [5, 5.41) is 14.1. The zero-order chi connectivity index (χ0) is 14.2. The Hall–Kier alpha value is -0.610. The number of aliphatic hydroxyl groups is 1. The molecule has 0 aromatic rings. The number of hydrogen-bond donors (Lipinski definition) is 2. The molecule has 1 saturated carbocycles. The van der Waals surface area contributed by atoms with Crippen molar-refractivity contribution in [2.75, 3.05) is 13.1 Å². The molecular weight excluding hydrogens is 252 g/mol. The summed E-state index contributed by atoms with van der Waals surface area (Å²) in [5.41, 5.74) is -0.484. The van der Waals surface area contributed by atoms with Crippen molar-refractivity contribution in [3.05, 3.63) is 0 Å². The highest BCUT2D eigenvalue weighted by Gasteiger charge is 2.44. The second-order valence-electron chi connectivity index (χ2n) is 7.13. The molecular formula is C16H28N2O2. The highest BCUT2D eigenvalue weighted by Crippen LogP contribution is 2.40. The number of likely N-dealkylation sites (tertiary alicyclic amines) is 1. The van der Waals surface area contributed by atoms with Crippen LogP contribution in [0.3, 0.4) is 0 Å². The summed E-state index contributed by atoms with van der Waals surface area (Å²) in [6.07, 6.45) is 8.40. The van der Waals surface area contributed by atoms with Gasteiger partial charge in [-0.15, -0.1) is 0 Å². The number of fused-ring (bicyclic) bond motifs is 1. The van der Waals surface area contributed by atoms with E-state index in [-0.39, 0.29) is 11.9 Å². The summed E-state index contributed by atoms with van der Waals surface area (Å²) in [6.45, 7) is 3.66. The third-order valence-electron chi connectivity index (χ3n) is 5.65. The maximum atomic E-state index is 12.7. The van der Waals surface area contributed by atoms with E-state index in [2.05, 4.69) is 12.2 Å². The summed E-state index contributed by atoms with van der Waals surface area (Å²) in [4.78, 5) is 14.7. The second-order valence-corrected chi connectivity index (χ2v) is 7.13. The van der Waals surface area contributed by atoms with Crippen molar-refractivity contribution in [1.29, 1.82) is 0 Å². The Morgan fingerprint density at radius 3 is 2.85 bits per heavy atom. The molecule has 0 aromatic carbocycles. The summed E-state index contributed by atoms with van der Waals surface area (Å²) < 4.78 is 0. The largest absolute Gasteiger partial charge is 0.389 e. The predicted octanol–water partition coefficient (Wildman–Crippen LogP) is 1.67.